The molecular weight excluding hydrogens is 391 g/mol. The monoisotopic (exact) mass is 415 g/mol. The number of rotatable bonds is 6. The summed E-state index contributed by atoms with van der Waals surface area (Å²) < 4.78 is 37.9. The Morgan fingerprint density at radius 2 is 1.77 bits per heavy atom. The van der Waals surface area contributed by atoms with Gasteiger partial charge in [0.25, 0.3) is 0 Å². The molecule has 158 valence electrons. The van der Waals surface area contributed by atoms with E-state index in [0.29, 0.717) is 25.3 Å². The van der Waals surface area contributed by atoms with E-state index >= 15 is 0 Å². The predicted octanol–water partition coefficient (Wildman–Crippen LogP) is 4.74. The van der Waals surface area contributed by atoms with Crippen molar-refractivity contribution in [3.63, 3.8) is 0 Å². The van der Waals surface area contributed by atoms with Crippen LogP contribution in [0.15, 0.2) is 48.9 Å². The maximum absolute atomic E-state index is 12.6. The number of halogens is 3. The largest absolute Gasteiger partial charge is 0.401 e. The highest BCUT2D eigenvalue weighted by molar-refractivity contribution is 5.60. The number of piperidine rings is 1. The average molecular weight is 415 g/mol. The molecule has 0 aliphatic carbocycles. The van der Waals surface area contributed by atoms with E-state index in [-0.39, 0.29) is 5.92 Å². The summed E-state index contributed by atoms with van der Waals surface area (Å²) >= 11 is 0. The number of nitrogens with zero attached hydrogens (tertiary/aromatic N) is 4. The second-order valence-corrected chi connectivity index (χ2v) is 7.80. The minimum Gasteiger partial charge on any atom is -0.342 e. The lowest BCUT2D eigenvalue weighted by Gasteiger charge is -2.33. The van der Waals surface area contributed by atoms with Crippen molar-refractivity contribution >= 4 is 0 Å². The van der Waals surface area contributed by atoms with Crippen molar-refractivity contribution in [2.45, 2.75) is 31.9 Å². The van der Waals surface area contributed by atoms with E-state index in [1.54, 1.807) is 18.6 Å². The van der Waals surface area contributed by atoms with Crippen molar-refractivity contribution in [2.75, 3.05) is 19.6 Å². The van der Waals surface area contributed by atoms with E-state index in [1.165, 1.54) is 4.90 Å². The molecule has 0 unspecified atom stereocenters. The van der Waals surface area contributed by atoms with Gasteiger partial charge in [-0.3, -0.25) is 4.90 Å². The van der Waals surface area contributed by atoms with Crippen LogP contribution in [-0.4, -0.2) is 50.6 Å². The SMILES string of the molecule is FC(F)(F)CN1CCC[C@H](CCc2ncc(-c3cnc(-c4ccccc4)nc3)[nH]2)C1. The quantitative estimate of drug-likeness (QED) is 0.632. The van der Waals surface area contributed by atoms with Crippen LogP contribution in [0.4, 0.5) is 13.2 Å². The molecule has 1 N–H and O–H groups in total. The molecule has 1 aliphatic heterocycles. The second-order valence-electron chi connectivity index (χ2n) is 7.80. The number of hydrogen-bond donors (Lipinski definition) is 1. The molecule has 3 heterocycles. The number of aromatic amines is 1. The first-order valence-corrected chi connectivity index (χ1v) is 10.2. The maximum atomic E-state index is 12.6. The predicted molar refractivity (Wildman–Crippen MR) is 109 cm³/mol. The summed E-state index contributed by atoms with van der Waals surface area (Å²) in [6.45, 7) is 0.217. The van der Waals surface area contributed by atoms with Gasteiger partial charge in [-0.15, -0.1) is 0 Å². The van der Waals surface area contributed by atoms with Gasteiger partial charge in [0.05, 0.1) is 18.4 Å². The number of nitrogens with one attached hydrogen (secondary N) is 1. The minimum absolute atomic E-state index is 0.267. The standard InChI is InChI=1S/C22H24F3N5/c23-22(24,25)15-30-10-4-5-16(14-30)8-9-20-26-13-19(29-20)18-11-27-21(28-12-18)17-6-2-1-3-7-17/h1-3,6-7,11-13,16H,4-5,8-10,14-15H2,(H,26,29)/t16-/m1/s1. The summed E-state index contributed by atoms with van der Waals surface area (Å²) in [5.74, 6) is 1.77. The Labute approximate surface area is 173 Å². The zero-order valence-corrected chi connectivity index (χ0v) is 16.6. The zero-order valence-electron chi connectivity index (χ0n) is 16.6. The summed E-state index contributed by atoms with van der Waals surface area (Å²) in [4.78, 5) is 18.1. The molecule has 1 atom stereocenters. The molecule has 0 amide bonds. The summed E-state index contributed by atoms with van der Waals surface area (Å²) in [5.41, 5.74) is 2.65. The van der Waals surface area contributed by atoms with E-state index < -0.39 is 12.7 Å². The number of aromatic nitrogens is 4. The number of benzene rings is 1. The van der Waals surface area contributed by atoms with Crippen molar-refractivity contribution in [2.24, 2.45) is 5.92 Å². The summed E-state index contributed by atoms with van der Waals surface area (Å²) in [6.07, 6.45) is 4.48. The van der Waals surface area contributed by atoms with Gasteiger partial charge in [-0.05, 0) is 31.7 Å². The summed E-state index contributed by atoms with van der Waals surface area (Å²) in [7, 11) is 0. The van der Waals surface area contributed by atoms with Gasteiger partial charge in [0, 0.05) is 36.5 Å². The van der Waals surface area contributed by atoms with Gasteiger partial charge in [-0.1, -0.05) is 30.3 Å². The molecule has 3 aromatic rings. The first-order valence-electron chi connectivity index (χ1n) is 10.2. The second kappa shape index (κ2) is 8.95. The molecule has 5 nitrogen and oxygen atoms in total. The molecule has 1 aliphatic rings. The highest BCUT2D eigenvalue weighted by atomic mass is 19.4. The topological polar surface area (TPSA) is 57.7 Å². The van der Waals surface area contributed by atoms with Crippen LogP contribution < -0.4 is 0 Å². The van der Waals surface area contributed by atoms with Gasteiger partial charge >= 0.3 is 6.18 Å². The molecular formula is C22H24F3N5. The summed E-state index contributed by atoms with van der Waals surface area (Å²) in [5, 5.41) is 0. The molecule has 4 rings (SSSR count). The summed E-state index contributed by atoms with van der Waals surface area (Å²) in [6, 6.07) is 9.77. The third kappa shape index (κ3) is 5.44. The number of imidazole rings is 1. The van der Waals surface area contributed by atoms with Crippen molar-refractivity contribution in [3.8, 4) is 22.6 Å². The number of hydrogen-bond acceptors (Lipinski definition) is 4. The highest BCUT2D eigenvalue weighted by Crippen LogP contribution is 2.25. The third-order valence-corrected chi connectivity index (χ3v) is 5.42. The zero-order chi connectivity index (χ0) is 21.0. The Kier molecular flexibility index (Phi) is 6.13. The molecule has 1 fully saturated rings. The average Bonchev–Trinajstić information content (AvgIpc) is 3.21. The third-order valence-electron chi connectivity index (χ3n) is 5.42. The Morgan fingerprint density at radius 3 is 2.50 bits per heavy atom. The van der Waals surface area contributed by atoms with E-state index in [4.69, 9.17) is 0 Å². The van der Waals surface area contributed by atoms with Crippen molar-refractivity contribution in [1.29, 1.82) is 0 Å². The molecule has 1 saturated heterocycles. The lowest BCUT2D eigenvalue weighted by molar-refractivity contribution is -0.149. The fourth-order valence-corrected chi connectivity index (χ4v) is 3.96. The Bertz CT molecular complexity index is 937. The van der Waals surface area contributed by atoms with Crippen LogP contribution in [0.25, 0.3) is 22.6 Å². The lowest BCUT2D eigenvalue weighted by Crippen LogP contribution is -2.41. The normalized spacial score (nSPS) is 17.9. The number of H-pyrrole nitrogens is 1. The fourth-order valence-electron chi connectivity index (χ4n) is 3.96. The molecule has 0 radical (unpaired) electrons. The fraction of sp³-hybridized carbons (Fsp3) is 0.409. The van der Waals surface area contributed by atoms with Crippen molar-refractivity contribution < 1.29 is 13.2 Å². The van der Waals surface area contributed by atoms with Gasteiger partial charge in [-0.25, -0.2) is 15.0 Å². The van der Waals surface area contributed by atoms with E-state index in [2.05, 4.69) is 19.9 Å². The van der Waals surface area contributed by atoms with E-state index in [1.807, 2.05) is 30.3 Å². The van der Waals surface area contributed by atoms with Crippen LogP contribution in [0.2, 0.25) is 0 Å². The van der Waals surface area contributed by atoms with Crippen LogP contribution in [0, 0.1) is 5.92 Å². The van der Waals surface area contributed by atoms with Crippen LogP contribution in [0.3, 0.4) is 0 Å². The van der Waals surface area contributed by atoms with Crippen LogP contribution in [0.5, 0.6) is 0 Å². The van der Waals surface area contributed by atoms with Gasteiger partial charge < -0.3 is 4.98 Å². The molecule has 30 heavy (non-hydrogen) atoms. The van der Waals surface area contributed by atoms with Crippen LogP contribution >= 0.6 is 0 Å². The van der Waals surface area contributed by atoms with E-state index in [0.717, 1.165) is 41.9 Å². The number of alkyl halides is 3. The maximum Gasteiger partial charge on any atom is 0.401 e. The smallest absolute Gasteiger partial charge is 0.342 e. The van der Waals surface area contributed by atoms with Gasteiger partial charge in [0.1, 0.15) is 5.82 Å². The Hall–Kier alpha value is -2.74. The molecule has 8 heteroatoms. The van der Waals surface area contributed by atoms with E-state index in [9.17, 15) is 13.2 Å². The Balaban J connectivity index is 1.33. The van der Waals surface area contributed by atoms with Crippen molar-refractivity contribution in [1.82, 2.24) is 24.8 Å². The molecule has 0 saturated carbocycles. The first kappa shape index (κ1) is 20.5. The van der Waals surface area contributed by atoms with Gasteiger partial charge in [-0.2, -0.15) is 13.2 Å². The highest BCUT2D eigenvalue weighted by Gasteiger charge is 2.32. The van der Waals surface area contributed by atoms with Crippen LogP contribution in [-0.2, 0) is 6.42 Å². The number of likely N-dealkylation sites (tertiary alicyclic amines) is 1. The first-order chi connectivity index (χ1) is 14.5. The molecule has 1 aromatic carbocycles. The molecule has 2 aromatic heterocycles. The van der Waals surface area contributed by atoms with Gasteiger partial charge in [0.15, 0.2) is 5.82 Å². The molecule has 0 bridgehead atoms. The number of aryl methyl sites for hydroxylation is 1. The van der Waals surface area contributed by atoms with Crippen molar-refractivity contribution in [3.05, 3.63) is 54.7 Å². The minimum atomic E-state index is -4.13. The lowest BCUT2D eigenvalue weighted by atomic mass is 9.93. The van der Waals surface area contributed by atoms with Crippen LogP contribution in [0.1, 0.15) is 25.1 Å². The Morgan fingerprint density at radius 1 is 1.00 bits per heavy atom. The van der Waals surface area contributed by atoms with Gasteiger partial charge in [0.2, 0.25) is 0 Å². The molecule has 0 spiro atoms.